The molecular weight excluding hydrogens is 328 g/mol. The summed E-state index contributed by atoms with van der Waals surface area (Å²) in [6, 6.07) is 7.49. The van der Waals surface area contributed by atoms with Crippen molar-refractivity contribution in [2.45, 2.75) is 0 Å². The minimum absolute atomic E-state index is 0.0334. The number of rotatable bonds is 5. The summed E-state index contributed by atoms with van der Waals surface area (Å²) in [6.07, 6.45) is 1.19. The van der Waals surface area contributed by atoms with Crippen LogP contribution < -0.4 is 10.2 Å². The number of carbonyl (C=O) groups is 2. The van der Waals surface area contributed by atoms with Gasteiger partial charge in [0, 0.05) is 24.5 Å². The molecule has 3 rings (SSSR count). The van der Waals surface area contributed by atoms with Gasteiger partial charge in [-0.25, -0.2) is 4.79 Å². The number of carbonyl (C=O) groups excluding carboxylic acids is 2. The predicted molar refractivity (Wildman–Crippen MR) is 89.0 cm³/mol. The lowest BCUT2D eigenvalue weighted by Gasteiger charge is -2.28. The molecule has 25 heavy (non-hydrogen) atoms. The SMILES string of the molecule is O=C(COC(=O)C1=COCCO1)Nc1ccc(N2CCOCC2)cc1. The third-order valence-electron chi connectivity index (χ3n) is 3.71. The first-order chi connectivity index (χ1) is 12.2. The number of morpholine rings is 1. The van der Waals surface area contributed by atoms with Crippen molar-refractivity contribution in [2.24, 2.45) is 0 Å². The molecule has 1 saturated heterocycles. The van der Waals surface area contributed by atoms with Gasteiger partial charge < -0.3 is 29.2 Å². The number of nitrogens with zero attached hydrogens (tertiary/aromatic N) is 1. The highest BCUT2D eigenvalue weighted by molar-refractivity contribution is 5.94. The topological polar surface area (TPSA) is 86.3 Å². The Hall–Kier alpha value is -2.74. The maximum absolute atomic E-state index is 11.9. The van der Waals surface area contributed by atoms with E-state index in [9.17, 15) is 9.59 Å². The molecule has 8 nitrogen and oxygen atoms in total. The molecule has 0 radical (unpaired) electrons. The van der Waals surface area contributed by atoms with Crippen molar-refractivity contribution in [2.75, 3.05) is 56.3 Å². The first-order valence-electron chi connectivity index (χ1n) is 8.07. The van der Waals surface area contributed by atoms with Crippen molar-refractivity contribution in [3.63, 3.8) is 0 Å². The third kappa shape index (κ3) is 4.87. The number of hydrogen-bond acceptors (Lipinski definition) is 7. The fraction of sp³-hybridized carbons (Fsp3) is 0.412. The van der Waals surface area contributed by atoms with Crippen LogP contribution in [0.2, 0.25) is 0 Å². The van der Waals surface area contributed by atoms with Crippen LogP contribution in [-0.2, 0) is 28.5 Å². The molecule has 0 bridgehead atoms. The molecule has 0 atom stereocenters. The second-order valence-electron chi connectivity index (χ2n) is 5.47. The third-order valence-corrected chi connectivity index (χ3v) is 3.71. The number of nitrogens with one attached hydrogen (secondary N) is 1. The van der Waals surface area contributed by atoms with E-state index in [1.165, 1.54) is 6.26 Å². The summed E-state index contributed by atoms with van der Waals surface area (Å²) in [5.41, 5.74) is 1.71. The minimum Gasteiger partial charge on any atom is -0.493 e. The molecule has 0 saturated carbocycles. The minimum atomic E-state index is -0.725. The van der Waals surface area contributed by atoms with Crippen LogP contribution in [0.4, 0.5) is 11.4 Å². The Balaban J connectivity index is 1.46. The van der Waals surface area contributed by atoms with Crippen LogP contribution in [0.5, 0.6) is 0 Å². The van der Waals surface area contributed by atoms with Crippen molar-refractivity contribution in [3.05, 3.63) is 36.3 Å². The van der Waals surface area contributed by atoms with E-state index in [-0.39, 0.29) is 12.4 Å². The zero-order valence-corrected chi connectivity index (χ0v) is 13.7. The summed E-state index contributed by atoms with van der Waals surface area (Å²) in [7, 11) is 0. The first kappa shape index (κ1) is 17.1. The van der Waals surface area contributed by atoms with Crippen molar-refractivity contribution >= 4 is 23.3 Å². The molecule has 8 heteroatoms. The second kappa shape index (κ2) is 8.39. The van der Waals surface area contributed by atoms with Crippen LogP contribution in [0.1, 0.15) is 0 Å². The standard InChI is InChI=1S/C17H20N2O6/c20-16(12-25-17(21)15-11-23-9-10-24-15)18-13-1-3-14(4-2-13)19-5-7-22-8-6-19/h1-4,11H,5-10,12H2,(H,18,20). The highest BCUT2D eigenvalue weighted by Gasteiger charge is 2.18. The van der Waals surface area contributed by atoms with E-state index < -0.39 is 18.5 Å². The van der Waals surface area contributed by atoms with Crippen molar-refractivity contribution in [3.8, 4) is 0 Å². The Bertz CT molecular complexity index is 637. The molecule has 134 valence electrons. The zero-order valence-electron chi connectivity index (χ0n) is 13.7. The molecule has 0 aromatic heterocycles. The average molecular weight is 348 g/mol. The summed E-state index contributed by atoms with van der Waals surface area (Å²) < 4.78 is 20.3. The van der Waals surface area contributed by atoms with Gasteiger partial charge in [-0.15, -0.1) is 0 Å². The van der Waals surface area contributed by atoms with Crippen molar-refractivity contribution in [1.29, 1.82) is 0 Å². The molecule has 1 aromatic rings. The average Bonchev–Trinajstić information content (AvgIpc) is 2.68. The van der Waals surface area contributed by atoms with Gasteiger partial charge in [-0.1, -0.05) is 0 Å². The molecule has 0 aliphatic carbocycles. The Morgan fingerprint density at radius 2 is 1.84 bits per heavy atom. The van der Waals surface area contributed by atoms with Gasteiger partial charge in [-0.05, 0) is 24.3 Å². The van der Waals surface area contributed by atoms with E-state index in [1.54, 1.807) is 0 Å². The monoisotopic (exact) mass is 348 g/mol. The molecule has 1 fully saturated rings. The number of benzene rings is 1. The van der Waals surface area contributed by atoms with Gasteiger partial charge in [0.15, 0.2) is 6.61 Å². The Morgan fingerprint density at radius 1 is 1.08 bits per heavy atom. The normalized spacial score (nSPS) is 17.0. The van der Waals surface area contributed by atoms with E-state index in [2.05, 4.69) is 10.2 Å². The van der Waals surface area contributed by atoms with Crippen molar-refractivity contribution in [1.82, 2.24) is 0 Å². The zero-order chi connectivity index (χ0) is 17.5. The summed E-state index contributed by atoms with van der Waals surface area (Å²) in [4.78, 5) is 25.8. The molecular formula is C17H20N2O6. The lowest BCUT2D eigenvalue weighted by molar-refractivity contribution is -0.148. The van der Waals surface area contributed by atoms with Crippen molar-refractivity contribution < 1.29 is 28.5 Å². The van der Waals surface area contributed by atoms with E-state index >= 15 is 0 Å². The van der Waals surface area contributed by atoms with E-state index in [0.717, 1.165) is 32.0 Å². The maximum Gasteiger partial charge on any atom is 0.377 e. The summed E-state index contributed by atoms with van der Waals surface area (Å²) >= 11 is 0. The molecule has 2 heterocycles. The van der Waals surface area contributed by atoms with Crippen LogP contribution in [0.25, 0.3) is 0 Å². The number of ether oxygens (including phenoxy) is 4. The number of anilines is 2. The fourth-order valence-electron chi connectivity index (χ4n) is 2.45. The van der Waals surface area contributed by atoms with E-state index in [1.807, 2.05) is 24.3 Å². The second-order valence-corrected chi connectivity index (χ2v) is 5.47. The van der Waals surface area contributed by atoms with Crippen LogP contribution in [-0.4, -0.2) is 58.0 Å². The van der Waals surface area contributed by atoms with E-state index in [4.69, 9.17) is 18.9 Å². The summed E-state index contributed by atoms with van der Waals surface area (Å²) in [5, 5.41) is 2.68. The Kier molecular flexibility index (Phi) is 5.73. The van der Waals surface area contributed by atoms with Gasteiger partial charge in [0.2, 0.25) is 5.76 Å². The largest absolute Gasteiger partial charge is 0.493 e. The van der Waals surface area contributed by atoms with Gasteiger partial charge in [-0.2, -0.15) is 0 Å². The van der Waals surface area contributed by atoms with Gasteiger partial charge in [-0.3, -0.25) is 4.79 Å². The molecule has 1 amide bonds. The quantitative estimate of drug-likeness (QED) is 0.791. The van der Waals surface area contributed by atoms with Crippen LogP contribution >= 0.6 is 0 Å². The predicted octanol–water partition coefficient (Wildman–Crippen LogP) is 0.893. The molecule has 0 unspecified atom stereocenters. The van der Waals surface area contributed by atoms with Crippen LogP contribution in [0.15, 0.2) is 36.3 Å². The van der Waals surface area contributed by atoms with Gasteiger partial charge in [0.25, 0.3) is 5.91 Å². The molecule has 1 aromatic carbocycles. The Labute approximate surface area is 145 Å². The lowest BCUT2D eigenvalue weighted by Crippen LogP contribution is -2.36. The summed E-state index contributed by atoms with van der Waals surface area (Å²) in [6.45, 7) is 3.40. The number of esters is 1. The number of hydrogen-bond donors (Lipinski definition) is 1. The maximum atomic E-state index is 11.9. The van der Waals surface area contributed by atoms with Crippen LogP contribution in [0, 0.1) is 0 Å². The van der Waals surface area contributed by atoms with E-state index in [0.29, 0.717) is 12.3 Å². The smallest absolute Gasteiger partial charge is 0.377 e. The van der Waals surface area contributed by atoms with Gasteiger partial charge in [0.1, 0.15) is 19.5 Å². The fourth-order valence-corrected chi connectivity index (χ4v) is 2.45. The highest BCUT2D eigenvalue weighted by atomic mass is 16.6. The highest BCUT2D eigenvalue weighted by Crippen LogP contribution is 2.19. The molecule has 2 aliphatic rings. The van der Waals surface area contributed by atoms with Crippen LogP contribution in [0.3, 0.4) is 0 Å². The Morgan fingerprint density at radius 3 is 2.52 bits per heavy atom. The molecule has 0 spiro atoms. The lowest BCUT2D eigenvalue weighted by atomic mass is 10.2. The van der Waals surface area contributed by atoms with Gasteiger partial charge >= 0.3 is 5.97 Å². The molecule has 2 aliphatic heterocycles. The summed E-state index contributed by atoms with van der Waals surface area (Å²) in [5.74, 6) is -1.18. The number of amides is 1. The molecule has 1 N–H and O–H groups in total. The van der Waals surface area contributed by atoms with Gasteiger partial charge in [0.05, 0.1) is 13.2 Å². The first-order valence-corrected chi connectivity index (χ1v) is 8.07.